The van der Waals surface area contributed by atoms with Crippen molar-refractivity contribution in [2.24, 2.45) is 0 Å². The monoisotopic (exact) mass is 264 g/mol. The molecule has 0 radical (unpaired) electrons. The summed E-state index contributed by atoms with van der Waals surface area (Å²) in [4.78, 5) is 0. The lowest BCUT2D eigenvalue weighted by Crippen LogP contribution is -2.53. The molecule has 0 aliphatic heterocycles. The molecule has 1 aromatic carbocycles. The highest BCUT2D eigenvalue weighted by Gasteiger charge is 2.22. The van der Waals surface area contributed by atoms with Gasteiger partial charge in [-0.2, -0.15) is 0 Å². The standard InChI is InChI=1S/C16H28N2O/c1-12(2)17-15(16(19-5)18-13(3)4)11-14-9-7-6-8-10-14/h6-10,12-13,15-18H,11H2,1-5H3/t15-,16?/m0/s1. The molecule has 0 aliphatic rings. The predicted octanol–water partition coefficient (Wildman–Crippen LogP) is 2.57. The number of ether oxygens (including phenoxy) is 1. The maximum Gasteiger partial charge on any atom is 0.123 e. The molecular weight excluding hydrogens is 236 g/mol. The van der Waals surface area contributed by atoms with E-state index in [4.69, 9.17) is 4.74 Å². The van der Waals surface area contributed by atoms with Crippen molar-refractivity contribution in [3.8, 4) is 0 Å². The Hall–Kier alpha value is -0.900. The van der Waals surface area contributed by atoms with Crippen molar-refractivity contribution in [3.63, 3.8) is 0 Å². The molecule has 0 aromatic heterocycles. The summed E-state index contributed by atoms with van der Waals surface area (Å²) in [6.07, 6.45) is 0.972. The third-order valence-electron chi connectivity index (χ3n) is 2.96. The largest absolute Gasteiger partial charge is 0.365 e. The molecule has 2 atom stereocenters. The van der Waals surface area contributed by atoms with E-state index in [1.54, 1.807) is 7.11 Å². The number of hydrogen-bond donors (Lipinski definition) is 2. The molecular formula is C16H28N2O. The fraction of sp³-hybridized carbons (Fsp3) is 0.625. The van der Waals surface area contributed by atoms with Gasteiger partial charge in [0.2, 0.25) is 0 Å². The Morgan fingerprint density at radius 2 is 1.53 bits per heavy atom. The van der Waals surface area contributed by atoms with Gasteiger partial charge in [0.1, 0.15) is 6.23 Å². The third kappa shape index (κ3) is 6.19. The van der Waals surface area contributed by atoms with Gasteiger partial charge >= 0.3 is 0 Å². The SMILES string of the molecule is COC(NC(C)C)[C@H](Cc1ccccc1)NC(C)C. The average Bonchev–Trinajstić information content (AvgIpc) is 2.35. The molecule has 19 heavy (non-hydrogen) atoms. The van der Waals surface area contributed by atoms with E-state index in [2.05, 4.69) is 68.7 Å². The van der Waals surface area contributed by atoms with Crippen molar-refractivity contribution in [2.75, 3.05) is 7.11 Å². The van der Waals surface area contributed by atoms with Gasteiger partial charge in [-0.3, -0.25) is 5.32 Å². The second-order valence-electron chi connectivity index (χ2n) is 5.60. The lowest BCUT2D eigenvalue weighted by Gasteiger charge is -2.31. The first-order valence-corrected chi connectivity index (χ1v) is 7.11. The molecule has 108 valence electrons. The number of methoxy groups -OCH3 is 1. The van der Waals surface area contributed by atoms with Gasteiger partial charge < -0.3 is 10.1 Å². The molecule has 1 unspecified atom stereocenters. The molecule has 3 nitrogen and oxygen atoms in total. The highest BCUT2D eigenvalue weighted by molar-refractivity contribution is 5.16. The second kappa shape index (κ2) is 8.31. The molecule has 0 saturated carbocycles. The Bertz CT molecular complexity index is 338. The minimum atomic E-state index is 0.0163. The molecule has 1 rings (SSSR count). The van der Waals surface area contributed by atoms with Crippen LogP contribution in [0.1, 0.15) is 33.3 Å². The highest BCUT2D eigenvalue weighted by Crippen LogP contribution is 2.08. The maximum absolute atomic E-state index is 5.62. The molecule has 0 aliphatic carbocycles. The molecule has 0 amide bonds. The van der Waals surface area contributed by atoms with E-state index in [1.165, 1.54) is 5.56 Å². The molecule has 0 spiro atoms. The summed E-state index contributed by atoms with van der Waals surface area (Å²) in [6, 6.07) is 11.6. The van der Waals surface area contributed by atoms with Crippen molar-refractivity contribution in [1.29, 1.82) is 0 Å². The summed E-state index contributed by atoms with van der Waals surface area (Å²) < 4.78 is 5.62. The molecule has 0 saturated heterocycles. The molecule has 3 heteroatoms. The molecule has 0 fully saturated rings. The van der Waals surface area contributed by atoms with Crippen LogP contribution in [0, 0.1) is 0 Å². The van der Waals surface area contributed by atoms with Gasteiger partial charge in [-0.25, -0.2) is 0 Å². The second-order valence-corrected chi connectivity index (χ2v) is 5.60. The first-order chi connectivity index (χ1) is 9.02. The highest BCUT2D eigenvalue weighted by atomic mass is 16.5. The Morgan fingerprint density at radius 1 is 0.947 bits per heavy atom. The predicted molar refractivity (Wildman–Crippen MR) is 81.3 cm³/mol. The summed E-state index contributed by atoms with van der Waals surface area (Å²) >= 11 is 0. The Balaban J connectivity index is 2.74. The van der Waals surface area contributed by atoms with Crippen molar-refractivity contribution in [3.05, 3.63) is 35.9 Å². The van der Waals surface area contributed by atoms with Gasteiger partial charge in [-0.05, 0) is 25.8 Å². The van der Waals surface area contributed by atoms with E-state index in [-0.39, 0.29) is 12.3 Å². The quantitative estimate of drug-likeness (QED) is 0.708. The van der Waals surface area contributed by atoms with Crippen LogP contribution < -0.4 is 10.6 Å². The lowest BCUT2D eigenvalue weighted by molar-refractivity contribution is 0.0325. The van der Waals surface area contributed by atoms with E-state index in [1.807, 2.05) is 0 Å². The van der Waals surface area contributed by atoms with Crippen molar-refractivity contribution in [1.82, 2.24) is 10.6 Å². The summed E-state index contributed by atoms with van der Waals surface area (Å²) in [5, 5.41) is 7.07. The Morgan fingerprint density at radius 3 is 2.00 bits per heavy atom. The number of nitrogens with one attached hydrogen (secondary N) is 2. The normalized spacial score (nSPS) is 14.9. The minimum Gasteiger partial charge on any atom is -0.365 e. The van der Waals surface area contributed by atoms with Crippen LogP contribution in [0.5, 0.6) is 0 Å². The zero-order valence-corrected chi connectivity index (χ0v) is 12.8. The zero-order valence-electron chi connectivity index (χ0n) is 12.8. The summed E-state index contributed by atoms with van der Waals surface area (Å²) in [5.74, 6) is 0. The zero-order chi connectivity index (χ0) is 14.3. The first kappa shape index (κ1) is 16.2. The van der Waals surface area contributed by atoms with Crippen LogP contribution in [0.25, 0.3) is 0 Å². The molecule has 0 heterocycles. The van der Waals surface area contributed by atoms with Gasteiger partial charge in [0.05, 0.1) is 6.04 Å². The van der Waals surface area contributed by atoms with E-state index in [9.17, 15) is 0 Å². The van der Waals surface area contributed by atoms with E-state index in [0.717, 1.165) is 6.42 Å². The fourth-order valence-electron chi connectivity index (χ4n) is 2.23. The molecule has 2 N–H and O–H groups in total. The summed E-state index contributed by atoms with van der Waals surface area (Å²) in [7, 11) is 1.76. The van der Waals surface area contributed by atoms with Crippen LogP contribution in [0.2, 0.25) is 0 Å². The Labute approximate surface area is 117 Å². The van der Waals surface area contributed by atoms with Gasteiger partial charge in [0.25, 0.3) is 0 Å². The van der Waals surface area contributed by atoms with Crippen LogP contribution in [-0.4, -0.2) is 31.5 Å². The average molecular weight is 264 g/mol. The maximum atomic E-state index is 5.62. The van der Waals surface area contributed by atoms with Gasteiger partial charge in [0.15, 0.2) is 0 Å². The van der Waals surface area contributed by atoms with Gasteiger partial charge in [-0.15, -0.1) is 0 Å². The van der Waals surface area contributed by atoms with Crippen molar-refractivity contribution in [2.45, 2.75) is 58.5 Å². The van der Waals surface area contributed by atoms with E-state index < -0.39 is 0 Å². The summed E-state index contributed by atoms with van der Waals surface area (Å²) in [5.41, 5.74) is 1.33. The van der Waals surface area contributed by atoms with E-state index in [0.29, 0.717) is 12.1 Å². The van der Waals surface area contributed by atoms with Gasteiger partial charge in [-0.1, -0.05) is 44.2 Å². The fourth-order valence-corrected chi connectivity index (χ4v) is 2.23. The van der Waals surface area contributed by atoms with Crippen molar-refractivity contribution < 1.29 is 4.74 Å². The van der Waals surface area contributed by atoms with Gasteiger partial charge in [0, 0.05) is 19.2 Å². The summed E-state index contributed by atoms with van der Waals surface area (Å²) in [6.45, 7) is 8.61. The van der Waals surface area contributed by atoms with Crippen molar-refractivity contribution >= 4 is 0 Å². The van der Waals surface area contributed by atoms with Crippen LogP contribution >= 0.6 is 0 Å². The topological polar surface area (TPSA) is 33.3 Å². The van der Waals surface area contributed by atoms with E-state index >= 15 is 0 Å². The lowest BCUT2D eigenvalue weighted by atomic mass is 10.0. The molecule has 0 bridgehead atoms. The Kier molecular flexibility index (Phi) is 7.06. The van der Waals surface area contributed by atoms with Crippen LogP contribution in [0.4, 0.5) is 0 Å². The number of benzene rings is 1. The third-order valence-corrected chi connectivity index (χ3v) is 2.96. The first-order valence-electron chi connectivity index (χ1n) is 7.11. The molecule has 1 aromatic rings. The smallest absolute Gasteiger partial charge is 0.123 e. The van der Waals surface area contributed by atoms with Crippen LogP contribution in [0.3, 0.4) is 0 Å². The minimum absolute atomic E-state index is 0.0163. The van der Waals surface area contributed by atoms with Crippen LogP contribution in [-0.2, 0) is 11.2 Å². The number of rotatable bonds is 8. The number of hydrogen-bond acceptors (Lipinski definition) is 3. The van der Waals surface area contributed by atoms with Crippen LogP contribution in [0.15, 0.2) is 30.3 Å².